The Morgan fingerprint density at radius 3 is 2.77 bits per heavy atom. The summed E-state index contributed by atoms with van der Waals surface area (Å²) in [5.74, 6) is 0.103. The molecule has 0 saturated heterocycles. The predicted octanol–water partition coefficient (Wildman–Crippen LogP) is 4.86. The number of cyclic esters (lactones) is 1. The van der Waals surface area contributed by atoms with Crippen molar-refractivity contribution in [3.8, 4) is 11.5 Å². The van der Waals surface area contributed by atoms with Gasteiger partial charge in [0, 0.05) is 17.2 Å². The van der Waals surface area contributed by atoms with Crippen LogP contribution in [0.15, 0.2) is 53.7 Å². The Kier molecular flexibility index (Phi) is 6.71. The van der Waals surface area contributed by atoms with Gasteiger partial charge in [-0.3, -0.25) is 10.1 Å². The van der Waals surface area contributed by atoms with Crippen LogP contribution in [0.1, 0.15) is 23.6 Å². The number of carbonyl (C=O) groups is 1. The second kappa shape index (κ2) is 9.44. The number of benzene rings is 2. The monoisotopic (exact) mass is 442 g/mol. The van der Waals surface area contributed by atoms with Gasteiger partial charge in [-0.15, -0.1) is 0 Å². The minimum Gasteiger partial charge on any atom is -0.490 e. The molecule has 9 heteroatoms. The first kappa shape index (κ1) is 22.0. The first-order chi connectivity index (χ1) is 14.8. The average Bonchev–Trinajstić information content (AvgIpc) is 3.07. The van der Waals surface area contributed by atoms with E-state index in [1.807, 2.05) is 6.92 Å². The number of halogens is 1. The smallest absolute Gasteiger partial charge is 0.363 e. The number of ether oxygens (including phenoxy) is 3. The zero-order valence-corrected chi connectivity index (χ0v) is 17.6. The highest BCUT2D eigenvalue weighted by molar-refractivity contribution is 6.32. The lowest BCUT2D eigenvalue weighted by Gasteiger charge is -2.13. The number of nitrogens with zero attached hydrogens (tertiary/aromatic N) is 2. The quantitative estimate of drug-likeness (QED) is 0.190. The molecule has 1 heterocycles. The second-order valence-electron chi connectivity index (χ2n) is 6.41. The van der Waals surface area contributed by atoms with Gasteiger partial charge in [0.2, 0.25) is 5.90 Å². The fraction of sp³-hybridized carbons (Fsp3) is 0.182. The van der Waals surface area contributed by atoms with E-state index < -0.39 is 10.9 Å². The topological polar surface area (TPSA) is 100 Å². The zero-order chi connectivity index (χ0) is 22.5. The number of esters is 1. The van der Waals surface area contributed by atoms with E-state index in [4.69, 9.17) is 25.8 Å². The number of nitro benzene ring substituents is 1. The molecule has 0 aliphatic carbocycles. The van der Waals surface area contributed by atoms with Crippen LogP contribution in [0.2, 0.25) is 5.02 Å². The first-order valence-corrected chi connectivity index (χ1v) is 9.70. The largest absolute Gasteiger partial charge is 0.490 e. The maximum atomic E-state index is 12.4. The third-order valence-electron chi connectivity index (χ3n) is 4.33. The molecule has 2 aromatic carbocycles. The summed E-state index contributed by atoms with van der Waals surface area (Å²) in [4.78, 5) is 27.3. The van der Waals surface area contributed by atoms with Crippen molar-refractivity contribution in [1.82, 2.24) is 0 Å². The Morgan fingerprint density at radius 2 is 2.10 bits per heavy atom. The highest BCUT2D eigenvalue weighted by atomic mass is 35.5. The molecule has 0 radical (unpaired) electrons. The van der Waals surface area contributed by atoms with Crippen molar-refractivity contribution in [2.24, 2.45) is 4.99 Å². The lowest BCUT2D eigenvalue weighted by atomic mass is 10.1. The van der Waals surface area contributed by atoms with Crippen LogP contribution in [0.25, 0.3) is 6.08 Å². The van der Waals surface area contributed by atoms with Crippen LogP contribution in [0.5, 0.6) is 11.5 Å². The molecule has 8 nitrogen and oxygen atoms in total. The summed E-state index contributed by atoms with van der Waals surface area (Å²) in [6, 6.07) is 7.76. The minimum atomic E-state index is -0.679. The van der Waals surface area contributed by atoms with Crippen LogP contribution in [-0.4, -0.2) is 30.0 Å². The second-order valence-corrected chi connectivity index (χ2v) is 6.81. The summed E-state index contributed by atoms with van der Waals surface area (Å²) in [6.45, 7) is 7.64. The van der Waals surface area contributed by atoms with Gasteiger partial charge in [-0.1, -0.05) is 30.3 Å². The lowest BCUT2D eigenvalue weighted by molar-refractivity contribution is -0.385. The number of nitro groups is 1. The molecule has 3 rings (SSSR count). The molecular weight excluding hydrogens is 424 g/mol. The lowest BCUT2D eigenvalue weighted by Crippen LogP contribution is -2.08. The molecule has 0 amide bonds. The van der Waals surface area contributed by atoms with Gasteiger partial charge in [0.25, 0.3) is 5.69 Å². The van der Waals surface area contributed by atoms with Crippen molar-refractivity contribution in [3.63, 3.8) is 0 Å². The third-order valence-corrected chi connectivity index (χ3v) is 4.61. The molecule has 0 atom stereocenters. The Bertz CT molecular complexity index is 1120. The van der Waals surface area contributed by atoms with Crippen LogP contribution in [-0.2, 0) is 9.53 Å². The highest BCUT2D eigenvalue weighted by Gasteiger charge is 2.27. The van der Waals surface area contributed by atoms with E-state index in [2.05, 4.69) is 11.6 Å². The van der Waals surface area contributed by atoms with E-state index in [1.165, 1.54) is 18.2 Å². The predicted molar refractivity (Wildman–Crippen MR) is 117 cm³/mol. The molecule has 0 fully saturated rings. The van der Waals surface area contributed by atoms with E-state index in [9.17, 15) is 14.9 Å². The number of hydrogen-bond acceptors (Lipinski definition) is 7. The fourth-order valence-electron chi connectivity index (χ4n) is 2.95. The summed E-state index contributed by atoms with van der Waals surface area (Å²) in [6.07, 6.45) is 3.08. The zero-order valence-electron chi connectivity index (χ0n) is 16.9. The van der Waals surface area contributed by atoms with Crippen molar-refractivity contribution in [2.75, 3.05) is 13.2 Å². The summed E-state index contributed by atoms with van der Waals surface area (Å²) in [5.41, 5.74) is 1.21. The van der Waals surface area contributed by atoms with Gasteiger partial charge < -0.3 is 14.2 Å². The van der Waals surface area contributed by atoms with Gasteiger partial charge in [0.15, 0.2) is 17.2 Å². The standard InChI is InChI=1S/C22H19ClN2O6/c1-4-9-30-20-16(23)10-14(12-19(20)29-5-2)11-17-22(26)31-21(24-17)15-7-6-8-18(13(15)3)25(27)28/h4,6-8,10-12H,1,5,9H2,2-3H3/b17-11-. The molecular formula is C22H19ClN2O6. The Hall–Kier alpha value is -3.65. The van der Waals surface area contributed by atoms with E-state index >= 15 is 0 Å². The maximum Gasteiger partial charge on any atom is 0.363 e. The van der Waals surface area contributed by atoms with Crippen LogP contribution in [0.3, 0.4) is 0 Å². The maximum absolute atomic E-state index is 12.4. The molecule has 0 saturated carbocycles. The summed E-state index contributed by atoms with van der Waals surface area (Å²) in [7, 11) is 0. The average molecular weight is 443 g/mol. The van der Waals surface area contributed by atoms with Gasteiger partial charge >= 0.3 is 5.97 Å². The third kappa shape index (κ3) is 4.75. The minimum absolute atomic E-state index is 0.000449. The van der Waals surface area contributed by atoms with Crippen LogP contribution >= 0.6 is 11.6 Å². The van der Waals surface area contributed by atoms with Crippen LogP contribution < -0.4 is 9.47 Å². The molecule has 2 aromatic rings. The summed E-state index contributed by atoms with van der Waals surface area (Å²) in [5, 5.41) is 11.5. The Labute approximate surface area is 183 Å². The molecule has 0 N–H and O–H groups in total. The molecule has 0 spiro atoms. The molecule has 1 aliphatic heterocycles. The number of aliphatic imine (C=N–C) groups is 1. The number of rotatable bonds is 8. The summed E-state index contributed by atoms with van der Waals surface area (Å²) >= 11 is 6.34. The van der Waals surface area contributed by atoms with Crippen LogP contribution in [0, 0.1) is 17.0 Å². The SMILES string of the molecule is C=CCOc1c(Cl)cc(/C=C2\N=C(c3cccc([N+](=O)[O-])c3C)OC2=O)cc1OCC. The van der Waals surface area contributed by atoms with Crippen molar-refractivity contribution < 1.29 is 23.9 Å². The van der Waals surface area contributed by atoms with Crippen molar-refractivity contribution in [1.29, 1.82) is 0 Å². The van der Waals surface area contributed by atoms with Crippen LogP contribution in [0.4, 0.5) is 5.69 Å². The number of hydrogen-bond donors (Lipinski definition) is 0. The highest BCUT2D eigenvalue weighted by Crippen LogP contribution is 2.37. The molecule has 31 heavy (non-hydrogen) atoms. The van der Waals surface area contributed by atoms with Gasteiger partial charge in [0.1, 0.15) is 6.61 Å². The van der Waals surface area contributed by atoms with Crippen molar-refractivity contribution in [3.05, 3.63) is 80.5 Å². The molecule has 0 aromatic heterocycles. The normalized spacial score (nSPS) is 14.2. The van der Waals surface area contributed by atoms with E-state index in [0.717, 1.165) is 0 Å². The van der Waals surface area contributed by atoms with Crippen molar-refractivity contribution >= 4 is 35.2 Å². The fourth-order valence-corrected chi connectivity index (χ4v) is 3.23. The van der Waals surface area contributed by atoms with Gasteiger partial charge in [-0.05, 0) is 43.7 Å². The first-order valence-electron chi connectivity index (χ1n) is 9.32. The number of carbonyl (C=O) groups excluding carboxylic acids is 1. The molecule has 160 valence electrons. The van der Waals surface area contributed by atoms with E-state index in [1.54, 1.807) is 31.2 Å². The van der Waals surface area contributed by atoms with Gasteiger partial charge in [0.05, 0.1) is 16.6 Å². The van der Waals surface area contributed by atoms with Gasteiger partial charge in [-0.25, -0.2) is 9.79 Å². The van der Waals surface area contributed by atoms with E-state index in [-0.39, 0.29) is 23.9 Å². The van der Waals surface area contributed by atoms with Crippen molar-refractivity contribution in [2.45, 2.75) is 13.8 Å². The molecule has 1 aliphatic rings. The van der Waals surface area contributed by atoms with Gasteiger partial charge in [-0.2, -0.15) is 0 Å². The Balaban J connectivity index is 2.00. The molecule has 0 bridgehead atoms. The molecule has 0 unspecified atom stereocenters. The Morgan fingerprint density at radius 1 is 1.32 bits per heavy atom. The van der Waals surface area contributed by atoms with E-state index in [0.29, 0.717) is 39.8 Å². The summed E-state index contributed by atoms with van der Waals surface area (Å²) < 4.78 is 16.4.